The number of hydrogen-bond acceptors (Lipinski definition) is 5. The molecule has 2 heterocycles. The number of nitrogens with zero attached hydrogens (tertiary/aromatic N) is 3. The van der Waals surface area contributed by atoms with Gasteiger partial charge in [0, 0.05) is 19.2 Å². The summed E-state index contributed by atoms with van der Waals surface area (Å²) in [4.78, 5) is 41.7. The Morgan fingerprint density at radius 1 is 1.47 bits per heavy atom. The summed E-state index contributed by atoms with van der Waals surface area (Å²) in [5, 5.41) is 10.8. The van der Waals surface area contributed by atoms with E-state index in [-0.39, 0.29) is 30.5 Å². The topological polar surface area (TPSA) is 112 Å². The summed E-state index contributed by atoms with van der Waals surface area (Å²) in [6.07, 6.45) is 1.38. The van der Waals surface area contributed by atoms with Crippen LogP contribution in [0, 0.1) is 0 Å². The second kappa shape index (κ2) is 4.16. The highest BCUT2D eigenvalue weighted by atomic mass is 16.4. The molecule has 8 heteroatoms. The summed E-state index contributed by atoms with van der Waals surface area (Å²) in [7, 11) is 0. The second-order valence-corrected chi connectivity index (χ2v) is 3.30. The molecule has 1 aromatic rings. The summed E-state index contributed by atoms with van der Waals surface area (Å²) in [5.41, 5.74) is -0.209. The Bertz CT molecular complexity index is 502. The van der Waals surface area contributed by atoms with Crippen molar-refractivity contribution in [2.24, 2.45) is 0 Å². The molecule has 88 valence electrons. The lowest BCUT2D eigenvalue weighted by Crippen LogP contribution is -2.50. The highest BCUT2D eigenvalue weighted by Gasteiger charge is 2.26. The first-order valence-corrected chi connectivity index (χ1v) is 4.75. The maximum atomic E-state index is 11.5. The molecule has 2 rings (SSSR count). The fourth-order valence-electron chi connectivity index (χ4n) is 1.35. The highest BCUT2D eigenvalue weighted by molar-refractivity contribution is 6.04. The first-order chi connectivity index (χ1) is 8.08. The predicted molar refractivity (Wildman–Crippen MR) is 54.5 cm³/mol. The largest absolute Gasteiger partial charge is 0.477 e. The number of carbonyl (C=O) groups is 3. The number of carboxylic acid groups (broad SMARTS) is 1. The van der Waals surface area contributed by atoms with Crippen LogP contribution in [0.15, 0.2) is 12.3 Å². The van der Waals surface area contributed by atoms with Gasteiger partial charge in [0.05, 0.1) is 0 Å². The van der Waals surface area contributed by atoms with Gasteiger partial charge in [0.2, 0.25) is 11.9 Å². The van der Waals surface area contributed by atoms with E-state index in [9.17, 15) is 14.4 Å². The molecule has 0 spiro atoms. The van der Waals surface area contributed by atoms with Crippen molar-refractivity contribution in [3.05, 3.63) is 18.0 Å². The third kappa shape index (κ3) is 2.19. The zero-order valence-corrected chi connectivity index (χ0v) is 8.58. The molecule has 1 aromatic heterocycles. The number of carboxylic acids is 1. The molecule has 1 aliphatic rings. The molecule has 0 aromatic carbocycles. The van der Waals surface area contributed by atoms with Crippen LogP contribution in [0.1, 0.15) is 16.9 Å². The lowest BCUT2D eigenvalue weighted by Gasteiger charge is -2.24. The fourth-order valence-corrected chi connectivity index (χ4v) is 1.35. The van der Waals surface area contributed by atoms with Crippen LogP contribution in [0.25, 0.3) is 0 Å². The number of hydrogen-bond donors (Lipinski definition) is 2. The maximum Gasteiger partial charge on any atom is 0.354 e. The molecule has 1 saturated heterocycles. The van der Waals surface area contributed by atoms with Gasteiger partial charge in [-0.3, -0.25) is 15.0 Å². The van der Waals surface area contributed by atoms with Crippen LogP contribution in [-0.4, -0.2) is 39.5 Å². The van der Waals surface area contributed by atoms with Crippen LogP contribution in [0.5, 0.6) is 0 Å². The van der Waals surface area contributed by atoms with E-state index in [1.54, 1.807) is 0 Å². The molecular weight excluding hydrogens is 228 g/mol. The second-order valence-electron chi connectivity index (χ2n) is 3.30. The van der Waals surface area contributed by atoms with E-state index in [1.807, 2.05) is 0 Å². The number of amides is 3. The van der Waals surface area contributed by atoms with Crippen molar-refractivity contribution in [2.75, 3.05) is 11.4 Å². The van der Waals surface area contributed by atoms with Gasteiger partial charge < -0.3 is 5.11 Å². The summed E-state index contributed by atoms with van der Waals surface area (Å²) >= 11 is 0. The van der Waals surface area contributed by atoms with Gasteiger partial charge in [0.1, 0.15) is 0 Å². The third-order valence-corrected chi connectivity index (χ3v) is 2.16. The van der Waals surface area contributed by atoms with Crippen molar-refractivity contribution in [1.82, 2.24) is 15.3 Å². The molecule has 0 atom stereocenters. The molecule has 3 amide bonds. The number of aromatic nitrogens is 2. The first-order valence-electron chi connectivity index (χ1n) is 4.75. The Morgan fingerprint density at radius 3 is 2.88 bits per heavy atom. The zero-order valence-electron chi connectivity index (χ0n) is 8.58. The lowest BCUT2D eigenvalue weighted by molar-refractivity contribution is -0.120. The molecule has 17 heavy (non-hydrogen) atoms. The minimum absolute atomic E-state index is 0.0325. The van der Waals surface area contributed by atoms with Crippen LogP contribution in [-0.2, 0) is 4.79 Å². The molecule has 1 fully saturated rings. The summed E-state index contributed by atoms with van der Waals surface area (Å²) in [5.74, 6) is -1.61. The minimum Gasteiger partial charge on any atom is -0.477 e. The van der Waals surface area contributed by atoms with Gasteiger partial charge in [0.15, 0.2) is 5.69 Å². The summed E-state index contributed by atoms with van der Waals surface area (Å²) in [6.45, 7) is 0.133. The Balaban J connectivity index is 2.28. The van der Waals surface area contributed by atoms with Gasteiger partial charge in [0.25, 0.3) is 0 Å². The van der Waals surface area contributed by atoms with E-state index in [0.717, 1.165) is 4.90 Å². The van der Waals surface area contributed by atoms with E-state index in [1.165, 1.54) is 12.3 Å². The number of anilines is 1. The van der Waals surface area contributed by atoms with Gasteiger partial charge >= 0.3 is 12.0 Å². The Hall–Kier alpha value is -2.51. The smallest absolute Gasteiger partial charge is 0.354 e. The van der Waals surface area contributed by atoms with Crippen molar-refractivity contribution in [2.45, 2.75) is 6.42 Å². The Morgan fingerprint density at radius 2 is 2.24 bits per heavy atom. The molecule has 0 radical (unpaired) electrons. The van der Waals surface area contributed by atoms with Crippen molar-refractivity contribution < 1.29 is 19.5 Å². The van der Waals surface area contributed by atoms with E-state index in [0.29, 0.717) is 0 Å². The van der Waals surface area contributed by atoms with Crippen LogP contribution in [0.4, 0.5) is 10.7 Å². The SMILES string of the molecule is O=C1CCN(c2nccc(C(=O)O)n2)C(=O)N1. The number of rotatable bonds is 2. The molecule has 0 bridgehead atoms. The number of urea groups is 1. The predicted octanol–water partition coefficient (Wildman–Crippen LogP) is -0.379. The highest BCUT2D eigenvalue weighted by Crippen LogP contribution is 2.11. The van der Waals surface area contributed by atoms with Crippen LogP contribution < -0.4 is 10.2 Å². The van der Waals surface area contributed by atoms with E-state index < -0.39 is 12.0 Å². The van der Waals surface area contributed by atoms with Crippen molar-refractivity contribution in [3.63, 3.8) is 0 Å². The quantitative estimate of drug-likeness (QED) is 0.723. The van der Waals surface area contributed by atoms with Crippen LogP contribution in [0.3, 0.4) is 0 Å². The van der Waals surface area contributed by atoms with E-state index in [4.69, 9.17) is 5.11 Å². The Kier molecular flexibility index (Phi) is 2.69. The number of carbonyl (C=O) groups excluding carboxylic acids is 2. The molecule has 1 aliphatic heterocycles. The van der Waals surface area contributed by atoms with Gasteiger partial charge in [-0.25, -0.2) is 19.6 Å². The number of imide groups is 1. The Labute approximate surface area is 95.3 Å². The standard InChI is InChI=1S/C9H8N4O4/c14-6-2-4-13(9(17)12-6)8-10-3-1-5(11-8)7(15)16/h1,3H,2,4H2,(H,15,16)(H,12,14,17). The minimum atomic E-state index is -1.21. The van der Waals surface area contributed by atoms with Gasteiger partial charge in [-0.05, 0) is 6.07 Å². The van der Waals surface area contributed by atoms with Gasteiger partial charge in [-0.15, -0.1) is 0 Å². The molecular formula is C9H8N4O4. The van der Waals surface area contributed by atoms with Crippen LogP contribution >= 0.6 is 0 Å². The monoisotopic (exact) mass is 236 g/mol. The van der Waals surface area contributed by atoms with Crippen molar-refractivity contribution >= 4 is 23.9 Å². The zero-order chi connectivity index (χ0) is 12.4. The molecule has 0 saturated carbocycles. The van der Waals surface area contributed by atoms with Crippen LogP contribution in [0.2, 0.25) is 0 Å². The van der Waals surface area contributed by atoms with E-state index >= 15 is 0 Å². The van der Waals surface area contributed by atoms with Gasteiger partial charge in [-0.1, -0.05) is 0 Å². The van der Waals surface area contributed by atoms with Crippen molar-refractivity contribution in [1.29, 1.82) is 0 Å². The summed E-state index contributed by atoms with van der Waals surface area (Å²) in [6, 6.07) is 0.572. The molecule has 0 unspecified atom stereocenters. The fraction of sp³-hybridized carbons (Fsp3) is 0.222. The average molecular weight is 236 g/mol. The molecule has 2 N–H and O–H groups in total. The maximum absolute atomic E-state index is 11.5. The normalized spacial score (nSPS) is 15.6. The molecule has 8 nitrogen and oxygen atoms in total. The van der Waals surface area contributed by atoms with Gasteiger partial charge in [-0.2, -0.15) is 0 Å². The summed E-state index contributed by atoms with van der Waals surface area (Å²) < 4.78 is 0. The number of aromatic carboxylic acids is 1. The van der Waals surface area contributed by atoms with E-state index in [2.05, 4.69) is 15.3 Å². The average Bonchev–Trinajstić information content (AvgIpc) is 2.29. The first kappa shape index (κ1) is 11.0. The lowest BCUT2D eigenvalue weighted by atomic mass is 10.3. The van der Waals surface area contributed by atoms with Crippen molar-refractivity contribution in [3.8, 4) is 0 Å². The number of nitrogens with one attached hydrogen (secondary N) is 1. The third-order valence-electron chi connectivity index (χ3n) is 2.16. The molecule has 0 aliphatic carbocycles.